The van der Waals surface area contributed by atoms with Crippen LogP contribution in [0.25, 0.3) is 0 Å². The molecule has 1 aromatic rings. The lowest BCUT2D eigenvalue weighted by molar-refractivity contribution is -0.305. The number of ketones is 1. The molecule has 1 aromatic carbocycles. The number of ether oxygens (including phenoxy) is 10. The van der Waals surface area contributed by atoms with E-state index in [1.165, 1.54) is 33.8 Å². The number of Topliss-reactive ketones (excluding diaryl/α,β-unsaturated/α-hetero) is 1. The summed E-state index contributed by atoms with van der Waals surface area (Å²) >= 11 is 0. The summed E-state index contributed by atoms with van der Waals surface area (Å²) in [6.45, 7) is 24.8. The molecule has 19 heteroatoms. The fourth-order valence-electron chi connectivity index (χ4n) is 11.8. The number of methoxy groups -OCH3 is 2. The number of rotatable bonds is 17. The van der Waals surface area contributed by atoms with Gasteiger partial charge in [-0.3, -0.25) is 19.3 Å². The van der Waals surface area contributed by atoms with Crippen LogP contribution in [0.3, 0.4) is 0 Å². The maximum Gasteiger partial charge on any atom is 0.311 e. The quantitative estimate of drug-likeness (QED) is 0.122. The first-order chi connectivity index (χ1) is 35.8. The Kier molecular flexibility index (Phi) is 24.1. The van der Waals surface area contributed by atoms with Gasteiger partial charge in [0.25, 0.3) is 0 Å². The smallest absolute Gasteiger partial charge is 0.311 e. The number of nitrogens with zero attached hydrogens (tertiary/aromatic N) is 2. The SMILES string of the molecule is CO/N=C1\C[C@@H](C)O[C@@H](O[C@@H]2[C@@H](C)[C@H](O[C@H]3C[C@H](C)N(CCc4ccccc4)C[C@H](C)O3)[C@@H](C)C(=O)O[C@H](C(C)CO[C@@H]3O[C@H](C)[C@@H](O)[C@@H](OC)[C@H]3OC)[C@H](C)[C@@H](OC(=O)CC(C)C)[C@@H](C)C(=O)[C@@](C)(O)C[C@@H]2C)[C@@H]1O. The largest absolute Gasteiger partial charge is 0.461 e. The van der Waals surface area contributed by atoms with Crippen molar-refractivity contribution in [2.75, 3.05) is 41.0 Å². The number of hydrogen-bond donors (Lipinski definition) is 3. The molecule has 4 saturated heterocycles. The van der Waals surface area contributed by atoms with E-state index in [-0.39, 0.29) is 43.9 Å². The second kappa shape index (κ2) is 28.8. The lowest BCUT2D eigenvalue weighted by Crippen LogP contribution is -2.59. The molecular formula is C57H94N2O17. The highest BCUT2D eigenvalue weighted by Gasteiger charge is 2.51. The minimum atomic E-state index is -2.03. The number of hydrogen-bond acceptors (Lipinski definition) is 19. The molecule has 0 radical (unpaired) electrons. The Morgan fingerprint density at radius 2 is 1.49 bits per heavy atom. The van der Waals surface area contributed by atoms with Gasteiger partial charge in [-0.2, -0.15) is 0 Å². The van der Waals surface area contributed by atoms with Gasteiger partial charge in [-0.05, 0) is 71.8 Å². The first-order valence-electron chi connectivity index (χ1n) is 27.7. The maximum absolute atomic E-state index is 15.4. The van der Waals surface area contributed by atoms with Gasteiger partial charge in [0, 0.05) is 70.4 Å². The molecule has 0 amide bonds. The third-order valence-electron chi connectivity index (χ3n) is 16.0. The number of carbonyl (C=O) groups is 3. The minimum absolute atomic E-state index is 0.00672. The Bertz CT molecular complexity index is 1990. The van der Waals surface area contributed by atoms with E-state index in [1.54, 1.807) is 27.7 Å². The summed E-state index contributed by atoms with van der Waals surface area (Å²) in [6, 6.07) is 10.3. The number of aliphatic hydroxyl groups excluding tert-OH is 2. The first-order valence-corrected chi connectivity index (χ1v) is 27.7. The molecule has 19 nitrogen and oxygen atoms in total. The summed E-state index contributed by atoms with van der Waals surface area (Å²) < 4.78 is 63.8. The van der Waals surface area contributed by atoms with Crippen LogP contribution in [0.5, 0.6) is 0 Å². The van der Waals surface area contributed by atoms with Crippen molar-refractivity contribution in [2.45, 2.75) is 220 Å². The van der Waals surface area contributed by atoms with Crippen molar-refractivity contribution in [3.63, 3.8) is 0 Å². The highest BCUT2D eigenvalue weighted by molar-refractivity contribution is 5.90. The number of aliphatic hydroxyl groups is 3. The van der Waals surface area contributed by atoms with Crippen molar-refractivity contribution in [1.29, 1.82) is 0 Å². The second-order valence-electron chi connectivity index (χ2n) is 23.1. The van der Waals surface area contributed by atoms with Crippen LogP contribution in [-0.2, 0) is 73.0 Å². The molecular weight excluding hydrogens is 985 g/mol. The van der Waals surface area contributed by atoms with E-state index in [4.69, 9.17) is 52.2 Å². The number of carbonyl (C=O) groups excluding carboxylic acids is 3. The number of oxime groups is 1. The monoisotopic (exact) mass is 1080 g/mol. The van der Waals surface area contributed by atoms with Crippen LogP contribution >= 0.6 is 0 Å². The molecule has 0 aromatic heterocycles. The van der Waals surface area contributed by atoms with Gasteiger partial charge in [0.15, 0.2) is 24.7 Å². The highest BCUT2D eigenvalue weighted by atomic mass is 16.7. The van der Waals surface area contributed by atoms with Crippen molar-refractivity contribution in [2.24, 2.45) is 46.6 Å². The molecule has 3 N–H and O–H groups in total. The van der Waals surface area contributed by atoms with E-state index >= 15 is 4.79 Å². The fraction of sp³-hybridized carbons (Fsp3) is 0.825. The molecule has 4 fully saturated rings. The summed E-state index contributed by atoms with van der Waals surface area (Å²) in [5.74, 6) is -6.94. The molecule has 76 heavy (non-hydrogen) atoms. The molecule has 5 rings (SSSR count). The van der Waals surface area contributed by atoms with Crippen LogP contribution in [-0.4, -0.2) is 182 Å². The van der Waals surface area contributed by atoms with Crippen LogP contribution in [0.4, 0.5) is 0 Å². The van der Waals surface area contributed by atoms with Crippen molar-refractivity contribution in [3.05, 3.63) is 35.9 Å². The summed E-state index contributed by atoms with van der Waals surface area (Å²) in [6.07, 6.45) is -11.2. The zero-order chi connectivity index (χ0) is 56.3. The molecule has 4 aliphatic heterocycles. The molecule has 0 aliphatic carbocycles. The number of esters is 2. The maximum atomic E-state index is 15.4. The third-order valence-corrected chi connectivity index (χ3v) is 16.0. The van der Waals surface area contributed by atoms with Crippen LogP contribution < -0.4 is 0 Å². The molecule has 0 spiro atoms. The van der Waals surface area contributed by atoms with E-state index < -0.39 is 139 Å². The Labute approximate surface area is 452 Å². The molecule has 0 saturated carbocycles. The second-order valence-corrected chi connectivity index (χ2v) is 23.1. The van der Waals surface area contributed by atoms with Crippen molar-refractivity contribution in [3.8, 4) is 0 Å². The summed E-state index contributed by atoms with van der Waals surface area (Å²) in [4.78, 5) is 51.6. The van der Waals surface area contributed by atoms with Gasteiger partial charge >= 0.3 is 11.9 Å². The van der Waals surface area contributed by atoms with Gasteiger partial charge in [-0.25, -0.2) is 0 Å². The van der Waals surface area contributed by atoms with Gasteiger partial charge in [0.1, 0.15) is 49.3 Å². The van der Waals surface area contributed by atoms with Gasteiger partial charge < -0.3 is 67.5 Å². The van der Waals surface area contributed by atoms with E-state index in [9.17, 15) is 24.9 Å². The summed E-state index contributed by atoms with van der Waals surface area (Å²) in [5, 5.41) is 39.2. The standard InChI is InChI=1S/C57H94N2O17/c1-30(2)24-43(60)73-49-37(9)48(32(4)29-69-56-52(67-15)51(66-14)45(61)40(12)72-56)75-54(64)39(11)50(74-44-25-33(5)59(28-35(7)70-44)23-22-41-20-18-17-19-21-41)36(8)47(31(3)27-57(13,65)53(63)38(49)10)76-55-46(62)42(58-68-16)26-34(6)71-55/h17-21,30-40,44-52,55-56,61-62,65H,22-29H2,1-16H3/b58-42+/t31-,32?,33-,34+,35-,36+,37-,38+,39+,40+,44-,45+,46+,47-,48+,49+,50-,51+,52+,55-,56+,57-/m0/s1. The van der Waals surface area contributed by atoms with Gasteiger partial charge in [-0.1, -0.05) is 84.0 Å². The highest BCUT2D eigenvalue weighted by Crippen LogP contribution is 2.39. The first kappa shape index (κ1) is 63.6. The minimum Gasteiger partial charge on any atom is -0.461 e. The Balaban J connectivity index is 1.60. The van der Waals surface area contributed by atoms with Crippen LogP contribution in [0, 0.1) is 41.4 Å². The van der Waals surface area contributed by atoms with Gasteiger partial charge in [-0.15, -0.1) is 0 Å². The predicted octanol–water partition coefficient (Wildman–Crippen LogP) is 5.89. The molecule has 434 valence electrons. The number of cyclic esters (lactones) is 1. The molecule has 1 unspecified atom stereocenters. The van der Waals surface area contributed by atoms with Crippen molar-refractivity contribution < 1.29 is 81.9 Å². The zero-order valence-electron chi connectivity index (χ0n) is 48.2. The fourth-order valence-corrected chi connectivity index (χ4v) is 11.8. The average Bonchev–Trinajstić information content (AvgIpc) is 3.50. The molecule has 4 heterocycles. The van der Waals surface area contributed by atoms with E-state index in [0.29, 0.717) is 18.7 Å². The Hall–Kier alpha value is -3.18. The molecule has 22 atom stereocenters. The van der Waals surface area contributed by atoms with Gasteiger partial charge in [0.2, 0.25) is 0 Å². The summed E-state index contributed by atoms with van der Waals surface area (Å²) in [5.41, 5.74) is -0.486. The lowest BCUT2D eigenvalue weighted by atomic mass is 9.74. The average molecular weight is 1080 g/mol. The van der Waals surface area contributed by atoms with E-state index in [0.717, 1.165) is 13.0 Å². The van der Waals surface area contributed by atoms with E-state index in [1.807, 2.05) is 66.7 Å². The zero-order valence-corrected chi connectivity index (χ0v) is 48.2. The van der Waals surface area contributed by atoms with Crippen molar-refractivity contribution >= 4 is 23.4 Å². The molecule has 0 bridgehead atoms. The summed E-state index contributed by atoms with van der Waals surface area (Å²) in [7, 11) is 4.32. The molecule has 4 aliphatic rings. The topological polar surface area (TPSA) is 229 Å². The number of benzene rings is 1. The predicted molar refractivity (Wildman–Crippen MR) is 282 cm³/mol. The van der Waals surface area contributed by atoms with Crippen LogP contribution in [0.2, 0.25) is 0 Å². The normalized spacial score (nSPS) is 40.7. The van der Waals surface area contributed by atoms with Gasteiger partial charge in [0.05, 0.1) is 54.7 Å². The Morgan fingerprint density at radius 3 is 2.12 bits per heavy atom. The lowest BCUT2D eigenvalue weighted by Gasteiger charge is -2.44. The Morgan fingerprint density at radius 1 is 0.816 bits per heavy atom. The third kappa shape index (κ3) is 16.5. The van der Waals surface area contributed by atoms with Crippen molar-refractivity contribution in [1.82, 2.24) is 4.90 Å². The van der Waals surface area contributed by atoms with E-state index in [2.05, 4.69) is 29.1 Å². The van der Waals surface area contributed by atoms with Crippen LogP contribution in [0.1, 0.15) is 121 Å². The van der Waals surface area contributed by atoms with Crippen LogP contribution in [0.15, 0.2) is 35.5 Å².